The first-order chi connectivity index (χ1) is 22.5. The van der Waals surface area contributed by atoms with Crippen molar-refractivity contribution in [2.24, 2.45) is 5.92 Å². The molecule has 1 aliphatic carbocycles. The molecule has 2 N–H and O–H groups in total. The molecule has 3 aliphatic heterocycles. The van der Waals surface area contributed by atoms with Gasteiger partial charge in [0.15, 0.2) is 17.3 Å². The molecule has 4 aliphatic rings. The molecule has 3 amide bonds. The van der Waals surface area contributed by atoms with Crippen LogP contribution in [0.25, 0.3) is 10.9 Å². The number of rotatable bonds is 9. The summed E-state index contributed by atoms with van der Waals surface area (Å²) >= 11 is 0. The van der Waals surface area contributed by atoms with Crippen LogP contribution in [-0.4, -0.2) is 96.6 Å². The molecular formula is C31H36F3N5O8S. The third-order valence-corrected chi connectivity index (χ3v) is 11.3. The Morgan fingerprint density at radius 3 is 2.54 bits per heavy atom. The predicted octanol–water partition coefficient (Wildman–Crippen LogP) is 2.09. The van der Waals surface area contributed by atoms with Crippen molar-refractivity contribution in [1.82, 2.24) is 24.8 Å². The minimum Gasteiger partial charge on any atom is -0.497 e. The van der Waals surface area contributed by atoms with Crippen LogP contribution in [0.1, 0.15) is 44.4 Å². The van der Waals surface area contributed by atoms with Gasteiger partial charge in [0, 0.05) is 17.4 Å². The van der Waals surface area contributed by atoms with Gasteiger partial charge in [-0.25, -0.2) is 17.7 Å². The van der Waals surface area contributed by atoms with Gasteiger partial charge in [0.2, 0.25) is 21.8 Å². The van der Waals surface area contributed by atoms with E-state index in [9.17, 15) is 36.0 Å². The highest BCUT2D eigenvalue weighted by Gasteiger charge is 2.64. The van der Waals surface area contributed by atoms with Crippen LogP contribution in [0.4, 0.5) is 13.2 Å². The van der Waals surface area contributed by atoms with Gasteiger partial charge in [0.25, 0.3) is 5.91 Å². The van der Waals surface area contributed by atoms with E-state index in [1.807, 2.05) is 0 Å². The Hall–Kier alpha value is -4.28. The first-order valence-electron chi connectivity index (χ1n) is 15.5. The fourth-order valence-electron chi connectivity index (χ4n) is 6.82. The van der Waals surface area contributed by atoms with Crippen LogP contribution in [0.5, 0.6) is 11.5 Å². The van der Waals surface area contributed by atoms with Gasteiger partial charge < -0.3 is 29.7 Å². The third kappa shape index (κ3) is 5.75. The molecule has 2 aromatic rings. The van der Waals surface area contributed by atoms with Crippen LogP contribution < -0.4 is 20.1 Å². The number of halogens is 3. The molecule has 48 heavy (non-hydrogen) atoms. The van der Waals surface area contributed by atoms with Crippen LogP contribution in [0, 0.1) is 5.92 Å². The molecule has 0 bridgehead atoms. The van der Waals surface area contributed by atoms with Gasteiger partial charge >= 0.3 is 6.18 Å². The van der Waals surface area contributed by atoms with Crippen molar-refractivity contribution >= 4 is 38.6 Å². The van der Waals surface area contributed by atoms with Gasteiger partial charge in [0.05, 0.1) is 44.6 Å². The van der Waals surface area contributed by atoms with Gasteiger partial charge in [-0.2, -0.15) is 13.2 Å². The van der Waals surface area contributed by atoms with Gasteiger partial charge in [-0.05, 0) is 56.9 Å². The number of benzene rings is 1. The Balaban J connectivity index is 1.33. The van der Waals surface area contributed by atoms with Crippen LogP contribution in [0.2, 0.25) is 0 Å². The summed E-state index contributed by atoms with van der Waals surface area (Å²) in [6.07, 6.45) is -4.60. The minimum absolute atomic E-state index is 0.00141. The van der Waals surface area contributed by atoms with Crippen molar-refractivity contribution < 1.29 is 50.2 Å². The molecule has 13 nitrogen and oxygen atoms in total. The number of methoxy groups -OCH3 is 1. The maximum Gasteiger partial charge on any atom is 0.437 e. The number of carbonyl (C=O) groups excluding carboxylic acids is 3. The van der Waals surface area contributed by atoms with E-state index < -0.39 is 62.5 Å². The predicted molar refractivity (Wildman–Crippen MR) is 164 cm³/mol. The summed E-state index contributed by atoms with van der Waals surface area (Å²) < 4.78 is 85.2. The average Bonchev–Trinajstić information content (AvgIpc) is 3.53. The summed E-state index contributed by atoms with van der Waals surface area (Å²) in [5.74, 6) is -2.59. The molecule has 0 radical (unpaired) electrons. The number of likely N-dealkylation sites (tertiary alicyclic amines) is 1. The smallest absolute Gasteiger partial charge is 0.437 e. The topological polar surface area (TPSA) is 156 Å². The minimum atomic E-state index is -4.88. The van der Waals surface area contributed by atoms with E-state index in [2.05, 4.69) is 22.2 Å². The lowest BCUT2D eigenvalue weighted by Crippen LogP contribution is -2.61. The van der Waals surface area contributed by atoms with Crippen molar-refractivity contribution in [2.75, 3.05) is 39.1 Å². The normalized spacial score (nSPS) is 27.0. The molecule has 17 heteroatoms. The van der Waals surface area contributed by atoms with Gasteiger partial charge in [-0.15, -0.1) is 0 Å². The van der Waals surface area contributed by atoms with E-state index in [4.69, 9.17) is 14.2 Å². The number of fused-ring (bicyclic) bond motifs is 3. The molecule has 1 aromatic heterocycles. The molecule has 4 heterocycles. The number of pyridine rings is 1. The maximum atomic E-state index is 14.4. The summed E-state index contributed by atoms with van der Waals surface area (Å²) in [7, 11) is -2.32. The number of aromatic nitrogens is 1. The lowest BCUT2D eigenvalue weighted by atomic mass is 9.87. The fraction of sp³-hybridized carbons (Fsp3) is 0.548. The standard InChI is InChI=1S/C31H36F3N5O8S/c1-5-46-18(3)35-15-24(40)38-16-29(14-23(38)27(41)37-30(13-17(30)2)28(42)39-10-11-48(39,43)44)9-8-20-21-12-19(45-4)6-7-22(21)36-26(25(20)47-29)31(32,33)34/h6-7,12,17,23,35H,3,5,8-11,13-16H2,1-2,4H3,(H,37,41)/t17-,23+,29-,30-/m1/s1. The lowest BCUT2D eigenvalue weighted by molar-refractivity contribution is -0.144. The number of nitrogens with one attached hydrogen (secondary N) is 2. The first kappa shape index (κ1) is 33.6. The number of amides is 3. The Kier molecular flexibility index (Phi) is 8.19. The number of alkyl halides is 3. The van der Waals surface area contributed by atoms with Crippen molar-refractivity contribution in [2.45, 2.75) is 62.9 Å². The van der Waals surface area contributed by atoms with Gasteiger partial charge in [0.1, 0.15) is 22.9 Å². The largest absolute Gasteiger partial charge is 0.497 e. The molecule has 4 atom stereocenters. The second-order valence-corrected chi connectivity index (χ2v) is 14.7. The molecule has 260 valence electrons. The van der Waals surface area contributed by atoms with Crippen LogP contribution in [-0.2, 0) is 41.7 Å². The number of ether oxygens (including phenoxy) is 3. The molecule has 1 saturated carbocycles. The monoisotopic (exact) mass is 695 g/mol. The highest BCUT2D eigenvalue weighted by atomic mass is 32.2. The van der Waals surface area contributed by atoms with E-state index in [0.717, 1.165) is 4.31 Å². The number of hydrogen-bond donors (Lipinski definition) is 2. The Bertz CT molecular complexity index is 1820. The summed E-state index contributed by atoms with van der Waals surface area (Å²) in [6, 6.07) is 3.29. The fourth-order valence-corrected chi connectivity index (χ4v) is 7.90. The summed E-state index contributed by atoms with van der Waals surface area (Å²) in [6.45, 7) is 6.79. The van der Waals surface area contributed by atoms with Crippen molar-refractivity contribution in [3.05, 3.63) is 41.9 Å². The maximum absolute atomic E-state index is 14.4. The number of hydrogen-bond acceptors (Lipinski definition) is 10. The molecule has 1 spiro atoms. The molecular weight excluding hydrogens is 659 g/mol. The Morgan fingerprint density at radius 2 is 1.96 bits per heavy atom. The molecule has 3 fully saturated rings. The highest BCUT2D eigenvalue weighted by Crippen LogP contribution is 2.50. The lowest BCUT2D eigenvalue weighted by Gasteiger charge is -2.37. The van der Waals surface area contributed by atoms with Crippen LogP contribution >= 0.6 is 0 Å². The zero-order chi connectivity index (χ0) is 34.8. The Labute approximate surface area is 274 Å². The van der Waals surface area contributed by atoms with E-state index in [-0.39, 0.29) is 80.6 Å². The quantitative estimate of drug-likeness (QED) is 0.373. The molecule has 6 rings (SSSR count). The zero-order valence-corrected chi connectivity index (χ0v) is 27.4. The zero-order valence-electron chi connectivity index (χ0n) is 26.6. The second-order valence-electron chi connectivity index (χ2n) is 12.6. The molecule has 2 saturated heterocycles. The SMILES string of the molecule is C=C(NCC(=O)N1C[C@@]2(CCc3c(c(C(F)(F)F)nc4ccc(OC)cc34)O2)C[C@H]1C(=O)N[C@]1(C(=O)N2CCS2(=O)=O)C[C@H]1C)OCC. The number of sulfonamides is 1. The molecule has 1 aromatic carbocycles. The van der Waals surface area contributed by atoms with E-state index >= 15 is 0 Å². The average molecular weight is 696 g/mol. The number of nitrogens with zero attached hydrogens (tertiary/aromatic N) is 3. The second kappa shape index (κ2) is 11.7. The van der Waals surface area contributed by atoms with Crippen molar-refractivity contribution in [3.8, 4) is 11.5 Å². The van der Waals surface area contributed by atoms with Crippen LogP contribution in [0.15, 0.2) is 30.7 Å². The van der Waals surface area contributed by atoms with Gasteiger partial charge in [-0.1, -0.05) is 6.92 Å². The van der Waals surface area contributed by atoms with E-state index in [1.54, 1.807) is 19.9 Å². The number of aryl methyl sites for hydroxylation is 1. The summed E-state index contributed by atoms with van der Waals surface area (Å²) in [5.41, 5.74) is -3.73. The third-order valence-electron chi connectivity index (χ3n) is 9.60. The van der Waals surface area contributed by atoms with Crippen LogP contribution in [0.3, 0.4) is 0 Å². The number of carbonyl (C=O) groups is 3. The van der Waals surface area contributed by atoms with E-state index in [1.165, 1.54) is 24.1 Å². The van der Waals surface area contributed by atoms with Gasteiger partial charge in [-0.3, -0.25) is 14.4 Å². The van der Waals surface area contributed by atoms with E-state index in [0.29, 0.717) is 11.1 Å². The summed E-state index contributed by atoms with van der Waals surface area (Å²) in [4.78, 5) is 46.0. The Morgan fingerprint density at radius 1 is 1.23 bits per heavy atom. The van der Waals surface area contributed by atoms with Crippen molar-refractivity contribution in [3.63, 3.8) is 0 Å². The highest BCUT2D eigenvalue weighted by molar-refractivity contribution is 7.90. The van der Waals surface area contributed by atoms with Crippen molar-refractivity contribution in [1.29, 1.82) is 0 Å². The molecule has 0 unspecified atom stereocenters. The summed E-state index contributed by atoms with van der Waals surface area (Å²) in [5, 5.41) is 5.88. The first-order valence-corrected chi connectivity index (χ1v) is 17.1.